The van der Waals surface area contributed by atoms with E-state index >= 15 is 0 Å². The molecule has 8 N–H and O–H groups in total. The monoisotopic (exact) mass is 801 g/mol. The lowest BCUT2D eigenvalue weighted by molar-refractivity contribution is -0.352. The maximum absolute atomic E-state index is 14.4. The Balaban J connectivity index is 1.17. The number of aliphatic hydroxyl groups excluding tert-OH is 7. The number of aliphatic hydroxyl groups is 7. The highest BCUT2D eigenvalue weighted by atomic mass is 35.5. The molecule has 1 aromatic heterocycles. The SMILES string of the molecule is C[C@@H](Cl)[C@@H]1CN(C(=O)c2cc3cc(OCCN(C)C)ccc3[nH]2)c2cc(O[C@H]3O[C@H](CO)[C@@H](O[C@@H]4O[C@H](CO)[C@H](O)[C@H](O)[C@H]4O)[C@H](O)[C@H]3O)c3ccccc3c21. The first-order valence-electron chi connectivity index (χ1n) is 18.5. The van der Waals surface area contributed by atoms with Crippen molar-refractivity contribution >= 4 is 44.9 Å². The van der Waals surface area contributed by atoms with Crippen molar-refractivity contribution in [2.24, 2.45) is 0 Å². The number of carbonyl (C=O) groups excluding carboxylic acids is 1. The van der Waals surface area contributed by atoms with E-state index in [1.165, 1.54) is 0 Å². The maximum atomic E-state index is 14.4. The fourth-order valence-electron chi connectivity index (χ4n) is 7.60. The number of carbonyl (C=O) groups is 1. The topological polar surface area (TPSA) is 227 Å². The third-order valence-electron chi connectivity index (χ3n) is 10.7. The molecule has 2 fully saturated rings. The van der Waals surface area contributed by atoms with Gasteiger partial charge in [0.1, 0.15) is 72.6 Å². The number of H-pyrrole nitrogens is 1. The Labute approximate surface area is 327 Å². The predicted molar refractivity (Wildman–Crippen MR) is 203 cm³/mol. The van der Waals surface area contributed by atoms with Gasteiger partial charge in [-0.1, -0.05) is 24.3 Å². The van der Waals surface area contributed by atoms with Crippen molar-refractivity contribution in [2.75, 3.05) is 51.9 Å². The molecule has 0 bridgehead atoms. The number of benzene rings is 3. The number of nitrogens with zero attached hydrogens (tertiary/aromatic N) is 2. The quantitative estimate of drug-likeness (QED) is 0.0921. The van der Waals surface area contributed by atoms with E-state index in [-0.39, 0.29) is 29.5 Å². The Morgan fingerprint density at radius 3 is 2.30 bits per heavy atom. The van der Waals surface area contributed by atoms with Crippen LogP contribution < -0.4 is 14.4 Å². The van der Waals surface area contributed by atoms with Gasteiger partial charge < -0.3 is 74.2 Å². The summed E-state index contributed by atoms with van der Waals surface area (Å²) in [6.07, 6.45) is -16.2. The lowest BCUT2D eigenvalue weighted by Crippen LogP contribution is -2.65. The van der Waals surface area contributed by atoms with Gasteiger partial charge in [0.25, 0.3) is 5.91 Å². The van der Waals surface area contributed by atoms with Gasteiger partial charge in [-0.3, -0.25) is 4.79 Å². The van der Waals surface area contributed by atoms with Gasteiger partial charge in [0, 0.05) is 46.7 Å². The summed E-state index contributed by atoms with van der Waals surface area (Å²) in [6.45, 7) is 1.95. The van der Waals surface area contributed by atoms with Crippen LogP contribution in [0.15, 0.2) is 54.6 Å². The zero-order valence-corrected chi connectivity index (χ0v) is 31.8. The van der Waals surface area contributed by atoms with E-state index in [2.05, 4.69) is 4.98 Å². The van der Waals surface area contributed by atoms with Crippen LogP contribution >= 0.6 is 11.6 Å². The molecule has 12 atom stereocenters. The average molecular weight is 802 g/mol. The number of ether oxygens (including phenoxy) is 5. The molecular weight excluding hydrogens is 754 g/mol. The normalized spacial score (nSPS) is 31.2. The largest absolute Gasteiger partial charge is 0.492 e. The fourth-order valence-corrected chi connectivity index (χ4v) is 7.81. The third kappa shape index (κ3) is 7.69. The van der Waals surface area contributed by atoms with Crippen molar-refractivity contribution in [1.29, 1.82) is 0 Å². The molecule has 0 spiro atoms. The standard InChI is InChI=1S/C39H48ClN3O13/c1-18(40)23-15-43(37(51)25-13-19-12-20(8-9-24(19)41-25)52-11-10-42(2)3)26-14-27(21-6-4-5-7-22(21)30(23)26)53-38-35(50)33(48)36(29(17-45)55-38)56-39-34(49)32(47)31(46)28(16-44)54-39/h4-9,12-14,18,23,28-29,31-36,38-39,41,44-50H,10-11,15-17H2,1-3H3/t18-,23+,28-,29-,31+,32+,33-,34-,35-,36-,38+,39+/m1/s1. The molecule has 3 aromatic carbocycles. The number of halogens is 1. The van der Waals surface area contributed by atoms with Gasteiger partial charge >= 0.3 is 0 Å². The summed E-state index contributed by atoms with van der Waals surface area (Å²) in [5, 5.41) is 75.1. The molecular formula is C39H48ClN3O13. The zero-order chi connectivity index (χ0) is 40.0. The van der Waals surface area contributed by atoms with E-state index in [9.17, 15) is 40.5 Å². The number of rotatable bonds is 12. The van der Waals surface area contributed by atoms with Crippen molar-refractivity contribution in [3.8, 4) is 11.5 Å². The number of alkyl halides is 1. The van der Waals surface area contributed by atoms with Crippen molar-refractivity contribution in [3.05, 3.63) is 65.9 Å². The van der Waals surface area contributed by atoms with Crippen molar-refractivity contribution in [3.63, 3.8) is 0 Å². The van der Waals surface area contributed by atoms with Crippen molar-refractivity contribution in [2.45, 2.75) is 79.6 Å². The second-order valence-electron chi connectivity index (χ2n) is 14.8. The first-order chi connectivity index (χ1) is 26.8. The summed E-state index contributed by atoms with van der Waals surface area (Å²) in [7, 11) is 3.93. The highest BCUT2D eigenvalue weighted by molar-refractivity contribution is 6.22. The number of aromatic nitrogens is 1. The molecule has 304 valence electrons. The van der Waals surface area contributed by atoms with Crippen LogP contribution in [0.25, 0.3) is 21.7 Å². The second-order valence-corrected chi connectivity index (χ2v) is 15.4. The summed E-state index contributed by atoms with van der Waals surface area (Å²) in [4.78, 5) is 21.2. The van der Waals surface area contributed by atoms with Gasteiger partial charge in [0.15, 0.2) is 6.29 Å². The first-order valence-corrected chi connectivity index (χ1v) is 18.9. The molecule has 0 unspecified atom stereocenters. The van der Waals surface area contributed by atoms with Crippen molar-refractivity contribution in [1.82, 2.24) is 9.88 Å². The molecule has 4 aromatic rings. The van der Waals surface area contributed by atoms with Crippen LogP contribution in [-0.2, 0) is 14.2 Å². The van der Waals surface area contributed by atoms with Crippen LogP contribution in [0.3, 0.4) is 0 Å². The maximum Gasteiger partial charge on any atom is 0.274 e. The molecule has 56 heavy (non-hydrogen) atoms. The molecule has 3 aliphatic heterocycles. The van der Waals surface area contributed by atoms with Gasteiger partial charge in [0.2, 0.25) is 6.29 Å². The molecule has 4 heterocycles. The van der Waals surface area contributed by atoms with Crippen LogP contribution in [0.1, 0.15) is 28.9 Å². The Morgan fingerprint density at radius 1 is 0.911 bits per heavy atom. The van der Waals surface area contributed by atoms with E-state index < -0.39 is 74.6 Å². The second kappa shape index (κ2) is 16.7. The lowest BCUT2D eigenvalue weighted by Gasteiger charge is -2.45. The van der Waals surface area contributed by atoms with Gasteiger partial charge in [-0.2, -0.15) is 0 Å². The number of hydrogen-bond acceptors (Lipinski definition) is 14. The summed E-state index contributed by atoms with van der Waals surface area (Å²) in [6, 6.07) is 16.4. The smallest absolute Gasteiger partial charge is 0.274 e. The highest BCUT2D eigenvalue weighted by Gasteiger charge is 2.51. The molecule has 2 saturated heterocycles. The van der Waals surface area contributed by atoms with Crippen LogP contribution in [0, 0.1) is 0 Å². The van der Waals surface area contributed by atoms with E-state index in [4.69, 9.17) is 35.3 Å². The van der Waals surface area contributed by atoms with E-state index in [1.807, 2.05) is 62.3 Å². The Hall–Kier alpha value is -3.62. The molecule has 17 heteroatoms. The van der Waals surface area contributed by atoms with E-state index in [1.54, 1.807) is 23.1 Å². The van der Waals surface area contributed by atoms with E-state index in [0.29, 0.717) is 29.1 Å². The summed E-state index contributed by atoms with van der Waals surface area (Å²) < 4.78 is 29.2. The number of amides is 1. The number of nitrogens with one attached hydrogen (secondary N) is 1. The molecule has 0 aliphatic carbocycles. The Bertz CT molecular complexity index is 2010. The van der Waals surface area contributed by atoms with Crippen molar-refractivity contribution < 1.29 is 64.2 Å². The van der Waals surface area contributed by atoms with Gasteiger partial charge in [0.05, 0.1) is 18.9 Å². The van der Waals surface area contributed by atoms with Crippen LogP contribution in [0.5, 0.6) is 11.5 Å². The van der Waals surface area contributed by atoms with Crippen LogP contribution in [-0.4, -0.2) is 165 Å². The minimum atomic E-state index is -1.80. The number of likely N-dealkylation sites (N-methyl/N-ethyl adjacent to an activating group) is 1. The van der Waals surface area contributed by atoms with Gasteiger partial charge in [-0.25, -0.2) is 0 Å². The molecule has 0 saturated carbocycles. The molecule has 0 radical (unpaired) electrons. The van der Waals surface area contributed by atoms with Crippen LogP contribution in [0.4, 0.5) is 5.69 Å². The minimum Gasteiger partial charge on any atom is -0.492 e. The van der Waals surface area contributed by atoms with Gasteiger partial charge in [-0.15, -0.1) is 11.6 Å². The molecule has 3 aliphatic rings. The van der Waals surface area contributed by atoms with Gasteiger partial charge in [-0.05, 0) is 56.2 Å². The minimum absolute atomic E-state index is 0.206. The number of aromatic amines is 1. The third-order valence-corrected chi connectivity index (χ3v) is 11.0. The fraction of sp³-hybridized carbons (Fsp3) is 0.513. The average Bonchev–Trinajstić information content (AvgIpc) is 3.79. The van der Waals surface area contributed by atoms with E-state index in [0.717, 1.165) is 28.4 Å². The summed E-state index contributed by atoms with van der Waals surface area (Å²) in [5.74, 6) is 0.322. The summed E-state index contributed by atoms with van der Waals surface area (Å²) >= 11 is 6.78. The number of fused-ring (bicyclic) bond motifs is 4. The Morgan fingerprint density at radius 2 is 1.61 bits per heavy atom. The molecule has 7 rings (SSSR count). The molecule has 16 nitrogen and oxygen atoms in total. The lowest BCUT2D eigenvalue weighted by atomic mass is 9.92. The predicted octanol–water partition coefficient (Wildman–Crippen LogP) is 0.636. The highest BCUT2D eigenvalue weighted by Crippen LogP contribution is 2.48. The molecule has 1 amide bonds. The first kappa shape index (κ1) is 40.6. The zero-order valence-electron chi connectivity index (χ0n) is 31.0. The number of hydrogen-bond donors (Lipinski definition) is 8. The Kier molecular flexibility index (Phi) is 12.1. The summed E-state index contributed by atoms with van der Waals surface area (Å²) in [5.41, 5.74) is 2.47. The number of anilines is 1. The van der Waals surface area contributed by atoms with Crippen LogP contribution in [0.2, 0.25) is 0 Å².